The topological polar surface area (TPSA) is 33.0 Å². The second-order valence-electron chi connectivity index (χ2n) is 6.52. The average Bonchev–Trinajstić information content (AvgIpc) is 2.61. The van der Waals surface area contributed by atoms with Crippen LogP contribution in [-0.4, -0.2) is 6.36 Å². The van der Waals surface area contributed by atoms with Gasteiger partial charge in [0.15, 0.2) is 5.83 Å². The molecule has 1 aliphatic carbocycles. The zero-order valence-corrected chi connectivity index (χ0v) is 14.3. The number of ether oxygens (including phenoxy) is 1. The summed E-state index contributed by atoms with van der Waals surface area (Å²) in [7, 11) is 0. The largest absolute Gasteiger partial charge is 0.573 e. The molecule has 0 unspecified atom stereocenters. The van der Waals surface area contributed by atoms with Crippen LogP contribution in [0.1, 0.15) is 37.7 Å². The Morgan fingerprint density at radius 3 is 2.38 bits per heavy atom. The lowest BCUT2D eigenvalue weighted by Gasteiger charge is -2.26. The van der Waals surface area contributed by atoms with Crippen LogP contribution in [-0.2, 0) is 6.42 Å². The van der Waals surface area contributed by atoms with Crippen LogP contribution in [0.2, 0.25) is 0 Å². The Morgan fingerprint density at radius 2 is 1.81 bits per heavy atom. The van der Waals surface area contributed by atoms with E-state index in [2.05, 4.69) is 4.74 Å². The molecule has 0 radical (unpaired) electrons. The fourth-order valence-corrected chi connectivity index (χ4v) is 3.23. The van der Waals surface area contributed by atoms with Crippen LogP contribution < -0.4 is 4.74 Å². The van der Waals surface area contributed by atoms with Gasteiger partial charge >= 0.3 is 6.36 Å². The molecule has 0 bridgehead atoms. The number of allylic oxidation sites excluding steroid dienone is 4. The van der Waals surface area contributed by atoms with E-state index in [1.807, 2.05) is 6.08 Å². The second-order valence-corrected chi connectivity index (χ2v) is 6.52. The quantitative estimate of drug-likeness (QED) is 0.338. The molecule has 2 rings (SSSR count). The molecular weight excluding hydrogens is 346 g/mol. The molecule has 140 valence electrons. The lowest BCUT2D eigenvalue weighted by atomic mass is 9.79. The van der Waals surface area contributed by atoms with Gasteiger partial charge in [0.1, 0.15) is 11.8 Å². The summed E-state index contributed by atoms with van der Waals surface area (Å²) in [6.45, 7) is 0. The number of benzene rings is 1. The molecule has 1 fully saturated rings. The number of hydrogen-bond acceptors (Lipinski definition) is 2. The maximum atomic E-state index is 12.7. The minimum atomic E-state index is -4.66. The standard InChI is InChI=1S/C20H21F4NO/c21-18(14-25)3-1-2-15-4-6-16(7-5-15)8-9-17-10-12-19(13-11-17)26-20(22,23)24/h1-3,10-13,15-16H,4-9H2/b2-1+,18-3-. The number of alkyl halides is 3. The van der Waals surface area contributed by atoms with Gasteiger partial charge in [-0.1, -0.05) is 24.3 Å². The third kappa shape index (κ3) is 7.30. The van der Waals surface area contributed by atoms with Crippen molar-refractivity contribution in [3.8, 4) is 11.8 Å². The summed E-state index contributed by atoms with van der Waals surface area (Å²) in [5.41, 5.74) is 0.999. The first-order valence-electron chi connectivity index (χ1n) is 8.64. The van der Waals surface area contributed by atoms with E-state index in [1.54, 1.807) is 18.2 Å². The molecule has 0 amide bonds. The molecule has 6 heteroatoms. The maximum Gasteiger partial charge on any atom is 0.573 e. The van der Waals surface area contributed by atoms with Crippen molar-refractivity contribution < 1.29 is 22.3 Å². The number of halogens is 4. The van der Waals surface area contributed by atoms with Crippen molar-refractivity contribution in [2.45, 2.75) is 44.9 Å². The van der Waals surface area contributed by atoms with Crippen LogP contribution in [0, 0.1) is 23.2 Å². The van der Waals surface area contributed by atoms with Gasteiger partial charge in [0.05, 0.1) is 0 Å². The van der Waals surface area contributed by atoms with E-state index >= 15 is 0 Å². The van der Waals surface area contributed by atoms with Gasteiger partial charge in [0.2, 0.25) is 0 Å². The number of rotatable bonds is 6. The van der Waals surface area contributed by atoms with Crippen LogP contribution in [0.25, 0.3) is 0 Å². The molecule has 0 aromatic heterocycles. The van der Waals surface area contributed by atoms with Crippen LogP contribution in [0.5, 0.6) is 5.75 Å². The molecule has 26 heavy (non-hydrogen) atoms. The van der Waals surface area contributed by atoms with E-state index in [9.17, 15) is 17.6 Å². The summed E-state index contributed by atoms with van der Waals surface area (Å²) >= 11 is 0. The summed E-state index contributed by atoms with van der Waals surface area (Å²) in [5.74, 6) is 0.0157. The number of nitrogens with zero attached hydrogens (tertiary/aromatic N) is 1. The molecule has 1 aliphatic rings. The van der Waals surface area contributed by atoms with E-state index in [0.29, 0.717) is 11.8 Å². The molecular formula is C20H21F4NO. The number of hydrogen-bond donors (Lipinski definition) is 0. The van der Waals surface area contributed by atoms with Crippen molar-refractivity contribution in [3.05, 3.63) is 53.9 Å². The van der Waals surface area contributed by atoms with E-state index in [0.717, 1.165) is 44.1 Å². The third-order valence-electron chi connectivity index (χ3n) is 4.62. The van der Waals surface area contributed by atoms with Crippen LogP contribution in [0.4, 0.5) is 17.6 Å². The van der Waals surface area contributed by atoms with Crippen molar-refractivity contribution in [2.24, 2.45) is 11.8 Å². The molecule has 0 spiro atoms. The monoisotopic (exact) mass is 367 g/mol. The Bertz CT molecular complexity index is 663. The van der Waals surface area contributed by atoms with Crippen molar-refractivity contribution in [2.75, 3.05) is 0 Å². The predicted octanol–water partition coefficient (Wildman–Crippen LogP) is 6.26. The van der Waals surface area contributed by atoms with Crippen molar-refractivity contribution in [3.63, 3.8) is 0 Å². The van der Waals surface area contributed by atoms with Gasteiger partial charge in [0.25, 0.3) is 0 Å². The van der Waals surface area contributed by atoms with Crippen LogP contribution in [0.3, 0.4) is 0 Å². The summed E-state index contributed by atoms with van der Waals surface area (Å²) in [6, 6.07) is 7.47. The normalized spacial score (nSPS) is 21.6. The Balaban J connectivity index is 1.72. The number of nitriles is 1. The molecule has 1 aromatic rings. The minimum absolute atomic E-state index is 0.199. The lowest BCUT2D eigenvalue weighted by molar-refractivity contribution is -0.274. The Morgan fingerprint density at radius 1 is 1.15 bits per heavy atom. The number of aryl methyl sites for hydroxylation is 1. The SMILES string of the molecule is N#C/C(F)=C/C=C/C1CCC(CCc2ccc(OC(F)(F)F)cc2)CC1. The van der Waals surface area contributed by atoms with Gasteiger partial charge in [-0.15, -0.1) is 13.2 Å². The highest BCUT2D eigenvalue weighted by atomic mass is 19.4. The molecule has 0 N–H and O–H groups in total. The van der Waals surface area contributed by atoms with Crippen molar-refractivity contribution in [1.82, 2.24) is 0 Å². The molecule has 0 saturated heterocycles. The van der Waals surface area contributed by atoms with Crippen LogP contribution in [0.15, 0.2) is 48.3 Å². The van der Waals surface area contributed by atoms with Gasteiger partial charge in [-0.25, -0.2) is 0 Å². The lowest BCUT2D eigenvalue weighted by Crippen LogP contribution is -2.17. The molecule has 2 nitrogen and oxygen atoms in total. The van der Waals surface area contributed by atoms with Crippen molar-refractivity contribution >= 4 is 0 Å². The average molecular weight is 367 g/mol. The van der Waals surface area contributed by atoms with E-state index < -0.39 is 12.2 Å². The van der Waals surface area contributed by atoms with E-state index in [-0.39, 0.29) is 5.75 Å². The molecule has 0 heterocycles. The van der Waals surface area contributed by atoms with Gasteiger partial charge in [-0.2, -0.15) is 9.65 Å². The zero-order valence-electron chi connectivity index (χ0n) is 14.3. The highest BCUT2D eigenvalue weighted by Crippen LogP contribution is 2.32. The maximum absolute atomic E-state index is 12.7. The summed E-state index contributed by atoms with van der Waals surface area (Å²) in [5, 5.41) is 8.34. The molecule has 0 aliphatic heterocycles. The highest BCUT2D eigenvalue weighted by molar-refractivity contribution is 5.27. The second kappa shape index (κ2) is 9.42. The Hall–Kier alpha value is -2.29. The smallest absolute Gasteiger partial charge is 0.406 e. The van der Waals surface area contributed by atoms with E-state index in [1.165, 1.54) is 24.3 Å². The fourth-order valence-electron chi connectivity index (χ4n) is 3.23. The van der Waals surface area contributed by atoms with E-state index in [4.69, 9.17) is 5.26 Å². The molecule has 1 aromatic carbocycles. The van der Waals surface area contributed by atoms with Gasteiger partial charge in [-0.3, -0.25) is 0 Å². The first kappa shape index (κ1) is 20.0. The fraction of sp³-hybridized carbons (Fsp3) is 0.450. The summed E-state index contributed by atoms with van der Waals surface area (Å²) in [4.78, 5) is 0. The summed E-state index contributed by atoms with van der Waals surface area (Å²) < 4.78 is 53.0. The predicted molar refractivity (Wildman–Crippen MR) is 90.8 cm³/mol. The Kier molecular flexibility index (Phi) is 7.26. The van der Waals surface area contributed by atoms with Crippen LogP contribution >= 0.6 is 0 Å². The molecule has 0 atom stereocenters. The minimum Gasteiger partial charge on any atom is -0.406 e. The summed E-state index contributed by atoms with van der Waals surface area (Å²) in [6.07, 6.45) is 6.11. The third-order valence-corrected chi connectivity index (χ3v) is 4.62. The van der Waals surface area contributed by atoms with Crippen molar-refractivity contribution in [1.29, 1.82) is 5.26 Å². The van der Waals surface area contributed by atoms with Gasteiger partial charge in [0, 0.05) is 0 Å². The highest BCUT2D eigenvalue weighted by Gasteiger charge is 2.30. The first-order valence-corrected chi connectivity index (χ1v) is 8.64. The Labute approximate surface area is 150 Å². The van der Waals surface area contributed by atoms with Gasteiger partial charge in [-0.05, 0) is 74.1 Å². The first-order chi connectivity index (χ1) is 12.4. The molecule has 1 saturated carbocycles. The zero-order chi connectivity index (χ0) is 19.0. The van der Waals surface area contributed by atoms with Gasteiger partial charge < -0.3 is 4.74 Å².